The van der Waals surface area contributed by atoms with Gasteiger partial charge in [-0.1, -0.05) is 11.3 Å². The summed E-state index contributed by atoms with van der Waals surface area (Å²) >= 11 is 1.29. The second-order valence-electron chi connectivity index (χ2n) is 4.74. The minimum absolute atomic E-state index is 0.145. The Morgan fingerprint density at radius 2 is 1.96 bits per heavy atom. The Bertz CT molecular complexity index is 771. The smallest absolute Gasteiger partial charge is 0.240 e. The number of rotatable bonds is 7. The topological polar surface area (TPSA) is 127 Å². The molecule has 4 N–H and O–H groups in total. The summed E-state index contributed by atoms with van der Waals surface area (Å²) < 4.78 is 26.8. The van der Waals surface area contributed by atoms with Crippen LogP contribution in [-0.4, -0.2) is 31.1 Å². The molecular formula is C13H17N5O3S2. The molecule has 0 atom stereocenters. The number of sulfonamides is 1. The maximum absolute atomic E-state index is 12.1. The van der Waals surface area contributed by atoms with Crippen LogP contribution in [0.5, 0.6) is 0 Å². The molecule has 10 heteroatoms. The fourth-order valence-corrected chi connectivity index (χ4v) is 3.54. The van der Waals surface area contributed by atoms with Crippen LogP contribution in [0.25, 0.3) is 0 Å². The highest BCUT2D eigenvalue weighted by Gasteiger charge is 2.13. The molecular weight excluding hydrogens is 338 g/mol. The zero-order chi connectivity index (χ0) is 16.9. The molecule has 1 aromatic heterocycles. The third kappa shape index (κ3) is 5.27. The predicted molar refractivity (Wildman–Crippen MR) is 88.6 cm³/mol. The molecule has 1 heterocycles. The minimum Gasteiger partial charge on any atom is -0.374 e. The Hall–Kier alpha value is -2.04. The van der Waals surface area contributed by atoms with Crippen LogP contribution < -0.4 is 15.8 Å². The summed E-state index contributed by atoms with van der Waals surface area (Å²) in [5, 5.41) is 11.3. The zero-order valence-electron chi connectivity index (χ0n) is 12.4. The highest BCUT2D eigenvalue weighted by Crippen LogP contribution is 2.15. The van der Waals surface area contributed by atoms with Crippen molar-refractivity contribution in [2.24, 2.45) is 0 Å². The number of nitrogens with zero attached hydrogens (tertiary/aromatic N) is 2. The maximum atomic E-state index is 12.1. The van der Waals surface area contributed by atoms with Crippen LogP contribution in [0, 0.1) is 0 Å². The molecule has 0 spiro atoms. The first kappa shape index (κ1) is 17.3. The van der Waals surface area contributed by atoms with Crippen LogP contribution >= 0.6 is 11.3 Å². The number of nitrogens with two attached hydrogens (primary N) is 1. The summed E-state index contributed by atoms with van der Waals surface area (Å²) in [6.07, 6.45) is 1.21. The van der Waals surface area contributed by atoms with Gasteiger partial charge in [-0.05, 0) is 30.7 Å². The Labute approximate surface area is 138 Å². The summed E-state index contributed by atoms with van der Waals surface area (Å²) in [5.74, 6) is -0.212. The summed E-state index contributed by atoms with van der Waals surface area (Å²) in [4.78, 5) is 11.1. The fourth-order valence-electron chi connectivity index (χ4n) is 1.82. The molecule has 0 aliphatic carbocycles. The van der Waals surface area contributed by atoms with Gasteiger partial charge in [-0.15, -0.1) is 10.2 Å². The summed E-state index contributed by atoms with van der Waals surface area (Å²) in [6.45, 7) is 1.67. The third-order valence-corrected chi connectivity index (χ3v) is 5.12. The Balaban J connectivity index is 1.87. The third-order valence-electron chi connectivity index (χ3n) is 2.83. The number of amides is 1. The lowest BCUT2D eigenvalue weighted by Crippen LogP contribution is -2.25. The van der Waals surface area contributed by atoms with E-state index in [0.29, 0.717) is 23.7 Å². The van der Waals surface area contributed by atoms with Crippen LogP contribution in [0.1, 0.15) is 18.4 Å². The van der Waals surface area contributed by atoms with Gasteiger partial charge >= 0.3 is 0 Å². The lowest BCUT2D eigenvalue weighted by Gasteiger charge is -2.07. The number of hydrogen-bond donors (Lipinski definition) is 3. The first-order chi connectivity index (χ1) is 10.9. The van der Waals surface area contributed by atoms with Crippen LogP contribution in [0.2, 0.25) is 0 Å². The number of anilines is 2. The maximum Gasteiger partial charge on any atom is 0.240 e. The van der Waals surface area contributed by atoms with E-state index >= 15 is 0 Å². The van der Waals surface area contributed by atoms with Gasteiger partial charge < -0.3 is 11.1 Å². The average molecular weight is 355 g/mol. The highest BCUT2D eigenvalue weighted by molar-refractivity contribution is 7.89. The number of nitrogens with one attached hydrogen (secondary N) is 2. The molecule has 0 aliphatic rings. The lowest BCUT2D eigenvalue weighted by molar-refractivity contribution is -0.114. The molecule has 1 aromatic carbocycles. The number of carbonyl (C=O) groups excluding carboxylic acids is 1. The van der Waals surface area contributed by atoms with Crippen molar-refractivity contribution >= 4 is 38.1 Å². The molecule has 0 saturated heterocycles. The number of benzene rings is 1. The fraction of sp³-hybridized carbons (Fsp3) is 0.308. The molecule has 2 aromatic rings. The van der Waals surface area contributed by atoms with Crippen LogP contribution in [0.15, 0.2) is 29.2 Å². The molecule has 0 unspecified atom stereocenters. The lowest BCUT2D eigenvalue weighted by atomic mass is 10.3. The molecule has 0 bridgehead atoms. The number of carbonyl (C=O) groups is 1. The van der Waals surface area contributed by atoms with Gasteiger partial charge in [-0.2, -0.15) is 0 Å². The Kier molecular flexibility index (Phi) is 5.64. The first-order valence-corrected chi connectivity index (χ1v) is 9.12. The van der Waals surface area contributed by atoms with Crippen LogP contribution in [0.3, 0.4) is 0 Å². The Morgan fingerprint density at radius 3 is 2.52 bits per heavy atom. The number of aromatic nitrogens is 2. The monoisotopic (exact) mass is 355 g/mol. The van der Waals surface area contributed by atoms with Gasteiger partial charge in [0, 0.05) is 25.6 Å². The van der Waals surface area contributed by atoms with E-state index in [1.807, 2.05) is 0 Å². The number of nitrogen functional groups attached to an aromatic ring is 1. The summed E-state index contributed by atoms with van der Waals surface area (Å²) in [6, 6.07) is 5.97. The molecule has 0 aliphatic heterocycles. The molecule has 0 fully saturated rings. The largest absolute Gasteiger partial charge is 0.374 e. The van der Waals surface area contributed by atoms with Crippen molar-refractivity contribution in [1.29, 1.82) is 0 Å². The molecule has 0 radical (unpaired) electrons. The van der Waals surface area contributed by atoms with E-state index in [1.165, 1.54) is 30.4 Å². The number of aryl methyl sites for hydroxylation is 1. The van der Waals surface area contributed by atoms with E-state index in [2.05, 4.69) is 20.2 Å². The van der Waals surface area contributed by atoms with Crippen molar-refractivity contribution in [1.82, 2.24) is 14.9 Å². The average Bonchev–Trinajstić information content (AvgIpc) is 2.89. The Morgan fingerprint density at radius 1 is 1.26 bits per heavy atom. The van der Waals surface area contributed by atoms with Crippen molar-refractivity contribution in [3.63, 3.8) is 0 Å². The number of hydrogen-bond acceptors (Lipinski definition) is 7. The summed E-state index contributed by atoms with van der Waals surface area (Å²) in [7, 11) is -3.57. The second kappa shape index (κ2) is 7.49. The van der Waals surface area contributed by atoms with Crippen molar-refractivity contribution in [2.75, 3.05) is 17.6 Å². The van der Waals surface area contributed by atoms with E-state index in [0.717, 1.165) is 5.01 Å². The minimum atomic E-state index is -3.57. The molecule has 1 amide bonds. The normalized spacial score (nSPS) is 11.3. The van der Waals surface area contributed by atoms with Gasteiger partial charge in [-0.25, -0.2) is 13.1 Å². The van der Waals surface area contributed by atoms with Crippen LogP contribution in [0.4, 0.5) is 10.8 Å². The quantitative estimate of drug-likeness (QED) is 0.636. The zero-order valence-corrected chi connectivity index (χ0v) is 14.1. The van der Waals surface area contributed by atoms with E-state index in [-0.39, 0.29) is 17.3 Å². The molecule has 23 heavy (non-hydrogen) atoms. The second-order valence-corrected chi connectivity index (χ2v) is 7.60. The van der Waals surface area contributed by atoms with Gasteiger partial charge in [0.2, 0.25) is 21.1 Å². The van der Waals surface area contributed by atoms with Gasteiger partial charge in [0.15, 0.2) is 0 Å². The van der Waals surface area contributed by atoms with E-state index < -0.39 is 10.0 Å². The van der Waals surface area contributed by atoms with Crippen molar-refractivity contribution < 1.29 is 13.2 Å². The highest BCUT2D eigenvalue weighted by atomic mass is 32.2. The van der Waals surface area contributed by atoms with Gasteiger partial charge in [-0.3, -0.25) is 4.79 Å². The molecule has 2 rings (SSSR count). The molecule has 8 nitrogen and oxygen atoms in total. The van der Waals surface area contributed by atoms with Gasteiger partial charge in [0.05, 0.1) is 4.90 Å². The standard InChI is InChI=1S/C13H17N5O3S2/c1-9(19)16-10-4-6-11(7-5-10)23(20,21)15-8-2-3-12-17-18-13(14)22-12/h4-7,15H,2-3,8H2,1H3,(H2,14,18)(H,16,19). The predicted octanol–water partition coefficient (Wildman–Crippen LogP) is 0.990. The SMILES string of the molecule is CC(=O)Nc1ccc(S(=O)(=O)NCCCc2nnc(N)s2)cc1. The van der Waals surface area contributed by atoms with Crippen LogP contribution in [-0.2, 0) is 21.2 Å². The summed E-state index contributed by atoms with van der Waals surface area (Å²) in [5.41, 5.74) is 6.02. The molecule has 124 valence electrons. The van der Waals surface area contributed by atoms with E-state index in [9.17, 15) is 13.2 Å². The van der Waals surface area contributed by atoms with E-state index in [4.69, 9.17) is 5.73 Å². The van der Waals surface area contributed by atoms with E-state index in [1.54, 1.807) is 12.1 Å². The van der Waals surface area contributed by atoms with Crippen molar-refractivity contribution in [3.05, 3.63) is 29.3 Å². The van der Waals surface area contributed by atoms with Gasteiger partial charge in [0.25, 0.3) is 0 Å². The first-order valence-electron chi connectivity index (χ1n) is 6.82. The van der Waals surface area contributed by atoms with Gasteiger partial charge in [0.1, 0.15) is 5.01 Å². The molecule has 0 saturated carbocycles. The van der Waals surface area contributed by atoms with Crippen molar-refractivity contribution in [2.45, 2.75) is 24.7 Å². The van der Waals surface area contributed by atoms with Crippen molar-refractivity contribution in [3.8, 4) is 0 Å².